The molecule has 1 unspecified atom stereocenters. The van der Waals surface area contributed by atoms with Gasteiger partial charge in [0, 0.05) is 36.1 Å². The Kier molecular flexibility index (Phi) is 7.01. The molecule has 2 aromatic carbocycles. The van der Waals surface area contributed by atoms with Crippen molar-refractivity contribution in [3.8, 4) is 22.4 Å². The number of fused-ring (bicyclic) bond motifs is 1. The van der Waals surface area contributed by atoms with Crippen LogP contribution in [-0.4, -0.2) is 26.6 Å². The van der Waals surface area contributed by atoms with E-state index in [1.165, 1.54) is 43.7 Å². The molecule has 10 heteroatoms. The molecule has 3 aromatic heterocycles. The summed E-state index contributed by atoms with van der Waals surface area (Å²) < 4.78 is 54.9. The molecule has 0 saturated heterocycles. The molecule has 3 heterocycles. The number of alkyl halides is 3. The zero-order valence-electron chi connectivity index (χ0n) is 21.5. The fourth-order valence-corrected chi connectivity index (χ4v) is 4.74. The van der Waals surface area contributed by atoms with Gasteiger partial charge in [-0.2, -0.15) is 13.2 Å². The third-order valence-corrected chi connectivity index (χ3v) is 6.72. The molecular formula is C30H24F4N4O2. The maximum Gasteiger partial charge on any atom is 0.393 e. The predicted molar refractivity (Wildman–Crippen MR) is 145 cm³/mol. The van der Waals surface area contributed by atoms with Crippen molar-refractivity contribution in [1.82, 2.24) is 14.5 Å². The Morgan fingerprint density at radius 3 is 2.42 bits per heavy atom. The zero-order chi connectivity index (χ0) is 28.6. The SMILES string of the molecule is CC(C(=O)Nc1cc(-c2[nH]c3c(CC(F)(F)F)cn(C)c(=O)c3c2-c2ccccc2)ccn1)c1ccc(F)cc1. The van der Waals surface area contributed by atoms with Crippen LogP contribution in [0.4, 0.5) is 23.4 Å². The normalized spacial score (nSPS) is 12.4. The van der Waals surface area contributed by atoms with E-state index in [0.717, 1.165) is 4.57 Å². The molecule has 5 aromatic rings. The van der Waals surface area contributed by atoms with E-state index in [4.69, 9.17) is 0 Å². The van der Waals surface area contributed by atoms with Crippen molar-refractivity contribution in [2.75, 3.05) is 5.32 Å². The molecule has 0 fully saturated rings. The number of nitrogens with one attached hydrogen (secondary N) is 2. The van der Waals surface area contributed by atoms with Crippen LogP contribution in [0.1, 0.15) is 24.0 Å². The third-order valence-electron chi connectivity index (χ3n) is 6.72. The highest BCUT2D eigenvalue weighted by Crippen LogP contribution is 2.39. The predicted octanol–water partition coefficient (Wildman–Crippen LogP) is 6.58. The second-order valence-electron chi connectivity index (χ2n) is 9.55. The lowest BCUT2D eigenvalue weighted by molar-refractivity contribution is -0.127. The van der Waals surface area contributed by atoms with E-state index in [0.29, 0.717) is 27.9 Å². The summed E-state index contributed by atoms with van der Waals surface area (Å²) in [5.74, 6) is -1.19. The molecule has 0 aliphatic rings. The fraction of sp³-hybridized carbons (Fsp3) is 0.167. The minimum atomic E-state index is -4.49. The van der Waals surface area contributed by atoms with Gasteiger partial charge in [-0.1, -0.05) is 42.5 Å². The lowest BCUT2D eigenvalue weighted by atomic mass is 9.98. The van der Waals surface area contributed by atoms with Gasteiger partial charge in [-0.15, -0.1) is 0 Å². The molecule has 1 amide bonds. The first-order chi connectivity index (χ1) is 19.0. The van der Waals surface area contributed by atoms with E-state index in [-0.39, 0.29) is 28.2 Å². The number of benzene rings is 2. The summed E-state index contributed by atoms with van der Waals surface area (Å²) >= 11 is 0. The molecule has 5 rings (SSSR count). The number of pyridine rings is 2. The van der Waals surface area contributed by atoms with E-state index >= 15 is 0 Å². The maximum absolute atomic E-state index is 13.5. The standard InChI is InChI=1S/C30H24F4N4O2/c1-17(18-8-10-22(31)11-9-18)28(39)36-23-14-20(12-13-35-23)26-24(19-6-4-3-5-7-19)25-27(37-26)21(15-30(32,33)34)16-38(2)29(25)40/h3-14,16-17,37H,15H2,1-2H3,(H,35,36,39). The number of rotatable bonds is 6. The Bertz CT molecular complexity index is 1760. The molecule has 2 N–H and O–H groups in total. The van der Waals surface area contributed by atoms with Crippen LogP contribution in [0, 0.1) is 5.82 Å². The summed E-state index contributed by atoms with van der Waals surface area (Å²) in [6.45, 7) is 1.68. The van der Waals surface area contributed by atoms with Gasteiger partial charge in [0.25, 0.3) is 5.56 Å². The van der Waals surface area contributed by atoms with Gasteiger partial charge in [0.2, 0.25) is 5.91 Å². The topological polar surface area (TPSA) is 79.8 Å². The lowest BCUT2D eigenvalue weighted by Gasteiger charge is -2.13. The van der Waals surface area contributed by atoms with Crippen molar-refractivity contribution in [3.05, 3.63) is 106 Å². The summed E-state index contributed by atoms with van der Waals surface area (Å²) in [7, 11) is 1.42. The number of H-pyrrole nitrogens is 1. The number of carbonyl (C=O) groups excluding carboxylic acids is 1. The summed E-state index contributed by atoms with van der Waals surface area (Å²) in [5.41, 5.74) is 2.21. The number of hydrogen-bond donors (Lipinski definition) is 2. The van der Waals surface area contributed by atoms with Gasteiger partial charge in [-0.3, -0.25) is 9.59 Å². The minimum absolute atomic E-state index is 0.0660. The van der Waals surface area contributed by atoms with Crippen LogP contribution < -0.4 is 10.9 Å². The van der Waals surface area contributed by atoms with Crippen molar-refractivity contribution < 1.29 is 22.4 Å². The summed E-state index contributed by atoms with van der Waals surface area (Å²) in [6.07, 6.45) is -3.05. The smallest absolute Gasteiger partial charge is 0.354 e. The summed E-state index contributed by atoms with van der Waals surface area (Å²) in [4.78, 5) is 33.5. The van der Waals surface area contributed by atoms with Crippen LogP contribution in [0.25, 0.3) is 33.3 Å². The molecule has 0 bridgehead atoms. The monoisotopic (exact) mass is 548 g/mol. The van der Waals surface area contributed by atoms with Crippen LogP contribution >= 0.6 is 0 Å². The van der Waals surface area contributed by atoms with Crippen LogP contribution in [0.15, 0.2) is 83.9 Å². The Morgan fingerprint density at radius 1 is 1.05 bits per heavy atom. The molecular weight excluding hydrogens is 524 g/mol. The number of nitrogens with zero attached hydrogens (tertiary/aromatic N) is 2. The highest BCUT2D eigenvalue weighted by atomic mass is 19.4. The van der Waals surface area contributed by atoms with Gasteiger partial charge < -0.3 is 14.9 Å². The second-order valence-corrected chi connectivity index (χ2v) is 9.55. The zero-order valence-corrected chi connectivity index (χ0v) is 21.5. The van der Waals surface area contributed by atoms with Crippen molar-refractivity contribution in [3.63, 3.8) is 0 Å². The van der Waals surface area contributed by atoms with E-state index in [1.54, 1.807) is 49.4 Å². The van der Waals surface area contributed by atoms with Crippen molar-refractivity contribution in [2.24, 2.45) is 7.05 Å². The first-order valence-corrected chi connectivity index (χ1v) is 12.4. The number of halogens is 4. The van der Waals surface area contributed by atoms with Gasteiger partial charge in [0.15, 0.2) is 0 Å². The fourth-order valence-electron chi connectivity index (χ4n) is 4.74. The summed E-state index contributed by atoms with van der Waals surface area (Å²) in [5, 5.41) is 2.89. The molecule has 1 atom stereocenters. The molecule has 0 radical (unpaired) electrons. The van der Waals surface area contributed by atoms with Crippen molar-refractivity contribution >= 4 is 22.6 Å². The number of aromatic amines is 1. The third kappa shape index (κ3) is 5.38. The second kappa shape index (κ2) is 10.4. The molecule has 6 nitrogen and oxygen atoms in total. The van der Waals surface area contributed by atoms with Gasteiger partial charge in [0.1, 0.15) is 11.6 Å². The Hall–Kier alpha value is -4.73. The Balaban J connectivity index is 1.62. The summed E-state index contributed by atoms with van der Waals surface area (Å²) in [6, 6.07) is 17.7. The molecule has 0 saturated carbocycles. The lowest BCUT2D eigenvalue weighted by Crippen LogP contribution is -2.20. The average molecular weight is 549 g/mol. The number of anilines is 1. The number of amides is 1. The van der Waals surface area contributed by atoms with Crippen molar-refractivity contribution in [2.45, 2.75) is 25.4 Å². The highest BCUT2D eigenvalue weighted by molar-refractivity contribution is 6.05. The highest BCUT2D eigenvalue weighted by Gasteiger charge is 2.31. The average Bonchev–Trinajstić information content (AvgIpc) is 3.33. The number of hydrogen-bond acceptors (Lipinski definition) is 3. The van der Waals surface area contributed by atoms with E-state index in [1.807, 2.05) is 0 Å². The van der Waals surface area contributed by atoms with Gasteiger partial charge in [-0.25, -0.2) is 9.37 Å². The van der Waals surface area contributed by atoms with Crippen LogP contribution in [-0.2, 0) is 18.3 Å². The Morgan fingerprint density at radius 2 is 1.75 bits per heavy atom. The molecule has 204 valence electrons. The number of aryl methyl sites for hydroxylation is 1. The molecule has 0 spiro atoms. The van der Waals surface area contributed by atoms with E-state index in [9.17, 15) is 27.2 Å². The number of aromatic nitrogens is 3. The van der Waals surface area contributed by atoms with E-state index < -0.39 is 29.9 Å². The molecule has 40 heavy (non-hydrogen) atoms. The first-order valence-electron chi connectivity index (χ1n) is 12.4. The molecule has 0 aliphatic heterocycles. The van der Waals surface area contributed by atoms with Crippen LogP contribution in [0.2, 0.25) is 0 Å². The van der Waals surface area contributed by atoms with Crippen LogP contribution in [0.5, 0.6) is 0 Å². The minimum Gasteiger partial charge on any atom is -0.354 e. The number of carbonyl (C=O) groups is 1. The van der Waals surface area contributed by atoms with E-state index in [2.05, 4.69) is 15.3 Å². The van der Waals surface area contributed by atoms with Crippen molar-refractivity contribution in [1.29, 1.82) is 0 Å². The Labute approximate surface area is 226 Å². The van der Waals surface area contributed by atoms with Gasteiger partial charge in [-0.05, 0) is 42.3 Å². The largest absolute Gasteiger partial charge is 0.393 e. The van der Waals surface area contributed by atoms with Gasteiger partial charge in [0.05, 0.1) is 28.9 Å². The maximum atomic E-state index is 13.5. The van der Waals surface area contributed by atoms with Crippen LogP contribution in [0.3, 0.4) is 0 Å². The quantitative estimate of drug-likeness (QED) is 0.235. The first kappa shape index (κ1) is 26.9. The van der Waals surface area contributed by atoms with Gasteiger partial charge >= 0.3 is 6.18 Å². The molecule has 0 aliphatic carbocycles.